The molecule has 0 aliphatic rings. The van der Waals surface area contributed by atoms with Crippen molar-refractivity contribution in [2.24, 2.45) is 5.92 Å². The quantitative estimate of drug-likeness (QED) is 0.606. The van der Waals surface area contributed by atoms with E-state index in [0.717, 1.165) is 27.8 Å². The molecule has 0 unspecified atom stereocenters. The van der Waals surface area contributed by atoms with Crippen LogP contribution in [0.5, 0.6) is 0 Å². The molecule has 3 aromatic carbocycles. The lowest BCUT2D eigenvalue weighted by molar-refractivity contribution is -0.119. The normalized spacial score (nSPS) is 10.6. The minimum atomic E-state index is -0.123. The van der Waals surface area contributed by atoms with Gasteiger partial charge in [-0.1, -0.05) is 44.2 Å². The van der Waals surface area contributed by atoms with Gasteiger partial charge in [-0.3, -0.25) is 9.59 Å². The molecule has 5 heteroatoms. The van der Waals surface area contributed by atoms with Gasteiger partial charge in [0.25, 0.3) is 0 Å². The Kier molecular flexibility index (Phi) is 5.71. The third-order valence-corrected chi connectivity index (χ3v) is 4.16. The van der Waals surface area contributed by atoms with Crippen molar-refractivity contribution in [2.75, 3.05) is 22.5 Å². The molecular weight excluding hydrogens is 338 g/mol. The zero-order valence-corrected chi connectivity index (χ0v) is 15.5. The molecular formula is C22H23N3O2. The minimum Gasteiger partial charge on any atom is -0.376 e. The summed E-state index contributed by atoms with van der Waals surface area (Å²) in [6.45, 7) is 3.85. The van der Waals surface area contributed by atoms with E-state index in [1.54, 1.807) is 0 Å². The fourth-order valence-electron chi connectivity index (χ4n) is 2.61. The predicted molar refractivity (Wildman–Crippen MR) is 111 cm³/mol. The van der Waals surface area contributed by atoms with Crippen LogP contribution >= 0.6 is 0 Å². The van der Waals surface area contributed by atoms with E-state index in [-0.39, 0.29) is 24.3 Å². The van der Waals surface area contributed by atoms with Gasteiger partial charge in [-0.15, -0.1) is 0 Å². The first-order chi connectivity index (χ1) is 13.0. The van der Waals surface area contributed by atoms with Crippen molar-refractivity contribution in [1.82, 2.24) is 0 Å². The van der Waals surface area contributed by atoms with E-state index in [4.69, 9.17) is 0 Å². The van der Waals surface area contributed by atoms with Gasteiger partial charge in [-0.25, -0.2) is 0 Å². The van der Waals surface area contributed by atoms with Crippen molar-refractivity contribution in [3.05, 3.63) is 66.7 Å². The highest BCUT2D eigenvalue weighted by Crippen LogP contribution is 2.19. The summed E-state index contributed by atoms with van der Waals surface area (Å²) in [5, 5.41) is 11.0. The number of carbonyl (C=O) groups excluding carboxylic acids is 2. The van der Waals surface area contributed by atoms with E-state index in [1.165, 1.54) is 0 Å². The van der Waals surface area contributed by atoms with Crippen LogP contribution in [0, 0.1) is 5.92 Å². The molecule has 27 heavy (non-hydrogen) atoms. The van der Waals surface area contributed by atoms with Gasteiger partial charge in [-0.2, -0.15) is 0 Å². The lowest BCUT2D eigenvalue weighted by Crippen LogP contribution is -2.21. The smallest absolute Gasteiger partial charge is 0.243 e. The second-order valence-corrected chi connectivity index (χ2v) is 6.68. The first kappa shape index (κ1) is 18.5. The van der Waals surface area contributed by atoms with E-state index in [9.17, 15) is 9.59 Å². The van der Waals surface area contributed by atoms with Crippen LogP contribution in [0.15, 0.2) is 66.7 Å². The number of amides is 2. The number of nitrogens with one attached hydrogen (secondary N) is 3. The van der Waals surface area contributed by atoms with Gasteiger partial charge in [0.05, 0.1) is 6.54 Å². The van der Waals surface area contributed by atoms with E-state index >= 15 is 0 Å². The largest absolute Gasteiger partial charge is 0.376 e. The number of hydrogen-bond acceptors (Lipinski definition) is 3. The monoisotopic (exact) mass is 361 g/mol. The molecule has 0 atom stereocenters. The molecule has 0 heterocycles. The van der Waals surface area contributed by atoms with Crippen molar-refractivity contribution >= 4 is 39.6 Å². The molecule has 3 N–H and O–H groups in total. The Morgan fingerprint density at radius 1 is 0.778 bits per heavy atom. The standard InChI is InChI=1S/C22H23N3O2/c1-15(2)22(27)25-19-11-9-18(10-12-19)23-14-21(26)24-20-8-7-16-5-3-4-6-17(16)13-20/h3-13,15,23H,14H2,1-2H3,(H,24,26)(H,25,27). The summed E-state index contributed by atoms with van der Waals surface area (Å²) in [6, 6.07) is 21.1. The Morgan fingerprint density at radius 2 is 1.41 bits per heavy atom. The van der Waals surface area contributed by atoms with Crippen LogP contribution in [0.3, 0.4) is 0 Å². The number of rotatable bonds is 6. The van der Waals surface area contributed by atoms with Crippen LogP contribution in [0.1, 0.15) is 13.8 Å². The number of benzene rings is 3. The first-order valence-electron chi connectivity index (χ1n) is 8.95. The summed E-state index contributed by atoms with van der Waals surface area (Å²) >= 11 is 0. The Bertz CT molecular complexity index is 949. The third-order valence-electron chi connectivity index (χ3n) is 4.16. The van der Waals surface area contributed by atoms with Gasteiger partial charge in [-0.05, 0) is 47.2 Å². The van der Waals surface area contributed by atoms with Crippen LogP contribution in [-0.2, 0) is 9.59 Å². The molecule has 3 aromatic rings. The lowest BCUT2D eigenvalue weighted by Gasteiger charge is -2.10. The van der Waals surface area contributed by atoms with Crippen LogP contribution < -0.4 is 16.0 Å². The highest BCUT2D eigenvalue weighted by molar-refractivity contribution is 5.96. The molecule has 138 valence electrons. The third kappa shape index (κ3) is 5.07. The van der Waals surface area contributed by atoms with Gasteiger partial charge in [0.1, 0.15) is 0 Å². The summed E-state index contributed by atoms with van der Waals surface area (Å²) in [7, 11) is 0. The molecule has 0 bridgehead atoms. The predicted octanol–water partition coefficient (Wildman–Crippen LogP) is 4.48. The minimum absolute atomic E-state index is 0.0227. The summed E-state index contributed by atoms with van der Waals surface area (Å²) < 4.78 is 0. The van der Waals surface area contributed by atoms with Gasteiger partial charge in [0.2, 0.25) is 11.8 Å². The van der Waals surface area contributed by atoms with Gasteiger partial charge in [0.15, 0.2) is 0 Å². The SMILES string of the molecule is CC(C)C(=O)Nc1ccc(NCC(=O)Nc2ccc3ccccc3c2)cc1. The Balaban J connectivity index is 1.53. The van der Waals surface area contributed by atoms with Crippen molar-refractivity contribution in [2.45, 2.75) is 13.8 Å². The van der Waals surface area contributed by atoms with Crippen molar-refractivity contribution in [1.29, 1.82) is 0 Å². The average Bonchev–Trinajstić information content (AvgIpc) is 2.67. The Hall–Kier alpha value is -3.34. The maximum atomic E-state index is 12.2. The summed E-state index contributed by atoms with van der Waals surface area (Å²) in [4.78, 5) is 23.9. The number of anilines is 3. The van der Waals surface area contributed by atoms with Crippen LogP contribution in [0.2, 0.25) is 0 Å². The lowest BCUT2D eigenvalue weighted by atomic mass is 10.1. The van der Waals surface area contributed by atoms with Crippen molar-refractivity contribution < 1.29 is 9.59 Å². The first-order valence-corrected chi connectivity index (χ1v) is 8.95. The van der Waals surface area contributed by atoms with Crippen LogP contribution in [0.25, 0.3) is 10.8 Å². The molecule has 0 saturated heterocycles. The highest BCUT2D eigenvalue weighted by Gasteiger charge is 2.07. The fraction of sp³-hybridized carbons (Fsp3) is 0.182. The fourth-order valence-corrected chi connectivity index (χ4v) is 2.61. The number of carbonyl (C=O) groups is 2. The van der Waals surface area contributed by atoms with E-state index in [2.05, 4.69) is 16.0 Å². The molecule has 0 aliphatic heterocycles. The maximum Gasteiger partial charge on any atom is 0.243 e. The molecule has 0 aromatic heterocycles. The molecule has 3 rings (SSSR count). The summed E-state index contributed by atoms with van der Waals surface area (Å²) in [5.41, 5.74) is 2.32. The molecule has 5 nitrogen and oxygen atoms in total. The van der Waals surface area contributed by atoms with Crippen LogP contribution in [-0.4, -0.2) is 18.4 Å². The Labute approximate surface area is 158 Å². The molecule has 0 fully saturated rings. The summed E-state index contributed by atoms with van der Waals surface area (Å²) in [5.74, 6) is -0.213. The van der Waals surface area contributed by atoms with Gasteiger partial charge >= 0.3 is 0 Å². The average molecular weight is 361 g/mol. The Morgan fingerprint density at radius 3 is 2.11 bits per heavy atom. The van der Waals surface area contributed by atoms with Crippen molar-refractivity contribution in [3.63, 3.8) is 0 Å². The highest BCUT2D eigenvalue weighted by atomic mass is 16.2. The summed E-state index contributed by atoms with van der Waals surface area (Å²) in [6.07, 6.45) is 0. The molecule has 0 radical (unpaired) electrons. The molecule has 0 spiro atoms. The van der Waals surface area contributed by atoms with E-state index < -0.39 is 0 Å². The van der Waals surface area contributed by atoms with Gasteiger partial charge in [0, 0.05) is 23.0 Å². The molecule has 2 amide bonds. The van der Waals surface area contributed by atoms with Crippen molar-refractivity contribution in [3.8, 4) is 0 Å². The number of hydrogen-bond donors (Lipinski definition) is 3. The number of fused-ring (bicyclic) bond motifs is 1. The second kappa shape index (κ2) is 8.36. The zero-order valence-electron chi connectivity index (χ0n) is 15.5. The van der Waals surface area contributed by atoms with E-state index in [1.807, 2.05) is 80.6 Å². The van der Waals surface area contributed by atoms with E-state index in [0.29, 0.717) is 0 Å². The molecule has 0 saturated carbocycles. The zero-order chi connectivity index (χ0) is 19.2. The second-order valence-electron chi connectivity index (χ2n) is 6.68. The molecule has 0 aliphatic carbocycles. The maximum absolute atomic E-state index is 12.2. The van der Waals surface area contributed by atoms with Crippen LogP contribution in [0.4, 0.5) is 17.1 Å². The van der Waals surface area contributed by atoms with Gasteiger partial charge < -0.3 is 16.0 Å². The topological polar surface area (TPSA) is 70.2 Å².